The van der Waals surface area contributed by atoms with E-state index in [0.29, 0.717) is 40.3 Å². The average Bonchev–Trinajstić information content (AvgIpc) is 3.07. The van der Waals surface area contributed by atoms with E-state index in [2.05, 4.69) is 4.98 Å². The lowest BCUT2D eigenvalue weighted by molar-refractivity contribution is 0.0722. The quantitative estimate of drug-likeness (QED) is 0.130. The van der Waals surface area contributed by atoms with Crippen molar-refractivity contribution in [1.29, 1.82) is 0 Å². The van der Waals surface area contributed by atoms with Gasteiger partial charge in [0.1, 0.15) is 28.0 Å². The van der Waals surface area contributed by atoms with E-state index in [9.17, 15) is 27.1 Å². The van der Waals surface area contributed by atoms with Crippen LogP contribution in [0.2, 0.25) is 10.0 Å². The van der Waals surface area contributed by atoms with Gasteiger partial charge in [-0.3, -0.25) is 9.78 Å². The van der Waals surface area contributed by atoms with Gasteiger partial charge in [-0.1, -0.05) is 55.2 Å². The van der Waals surface area contributed by atoms with Crippen molar-refractivity contribution in [1.82, 2.24) is 14.2 Å². The first-order valence-electron chi connectivity index (χ1n) is 15.5. The van der Waals surface area contributed by atoms with E-state index in [4.69, 9.17) is 27.9 Å². The molecule has 1 amide bonds. The summed E-state index contributed by atoms with van der Waals surface area (Å²) in [6, 6.07) is 21.5. The third-order valence-electron chi connectivity index (χ3n) is 7.47. The Morgan fingerprint density at radius 1 is 0.840 bits per heavy atom. The SMILES string of the molecule is CC(C)CN(Cc1cc(CN(Cc2ccc(F)cc2)S(=O)(=O)c2cc(Cl)cc(Cl)c2O)cc(Oc2ccc(F)cc2)c1)C(=O)c1cccnc1. The molecule has 0 unspecified atom stereocenters. The van der Waals surface area contributed by atoms with Crippen LogP contribution in [0.4, 0.5) is 8.78 Å². The molecule has 0 saturated heterocycles. The molecule has 0 spiro atoms. The summed E-state index contributed by atoms with van der Waals surface area (Å²) in [4.78, 5) is 18.9. The summed E-state index contributed by atoms with van der Waals surface area (Å²) >= 11 is 12.3. The molecule has 13 heteroatoms. The van der Waals surface area contributed by atoms with Gasteiger partial charge in [0.2, 0.25) is 10.0 Å². The van der Waals surface area contributed by atoms with E-state index in [1.807, 2.05) is 13.8 Å². The van der Waals surface area contributed by atoms with Crippen LogP contribution in [0.25, 0.3) is 0 Å². The molecule has 0 aliphatic heterocycles. The summed E-state index contributed by atoms with van der Waals surface area (Å²) in [5, 5.41) is 10.5. The number of aromatic nitrogens is 1. The molecule has 0 aliphatic rings. The molecular formula is C37H33Cl2F2N3O5S. The standard InChI is InChI=1S/C37H33Cl2F2N3O5S/c1-24(2)20-43(37(46)28-4-3-13-42-19-28)21-26-14-27(16-33(15-26)49-32-11-9-31(41)10-12-32)23-44(22-25-5-7-30(40)8-6-25)50(47,48)35-18-29(38)17-34(39)36(35)45/h3-19,24,45H,20-23H2,1-2H3. The molecule has 1 N–H and O–H groups in total. The predicted octanol–water partition coefficient (Wildman–Crippen LogP) is 8.85. The average molecular weight is 741 g/mol. The van der Waals surface area contributed by atoms with E-state index in [1.165, 1.54) is 60.8 Å². The number of hydrogen-bond acceptors (Lipinski definition) is 6. The Hall–Kier alpha value is -4.55. The topological polar surface area (TPSA) is 100 Å². The number of rotatable bonds is 13. The third-order valence-corrected chi connectivity index (χ3v) is 9.78. The van der Waals surface area contributed by atoms with Crippen LogP contribution in [0.5, 0.6) is 17.2 Å². The molecule has 4 aromatic carbocycles. The summed E-state index contributed by atoms with van der Waals surface area (Å²) in [7, 11) is -4.49. The van der Waals surface area contributed by atoms with Gasteiger partial charge in [0.15, 0.2) is 5.75 Å². The molecule has 50 heavy (non-hydrogen) atoms. The fourth-order valence-corrected chi connectivity index (χ4v) is 7.42. The number of halogens is 4. The van der Waals surface area contributed by atoms with Crippen LogP contribution in [-0.4, -0.2) is 40.2 Å². The Balaban J connectivity index is 1.59. The zero-order valence-electron chi connectivity index (χ0n) is 27.1. The molecule has 0 bridgehead atoms. The zero-order chi connectivity index (χ0) is 36.0. The Morgan fingerprint density at radius 2 is 1.46 bits per heavy atom. The van der Waals surface area contributed by atoms with Crippen molar-refractivity contribution in [2.75, 3.05) is 6.54 Å². The summed E-state index contributed by atoms with van der Waals surface area (Å²) < 4.78 is 63.1. The first-order valence-corrected chi connectivity index (χ1v) is 17.7. The number of sulfonamides is 1. The van der Waals surface area contributed by atoms with E-state index < -0.39 is 32.3 Å². The Morgan fingerprint density at radius 3 is 2.08 bits per heavy atom. The van der Waals surface area contributed by atoms with Gasteiger partial charge in [0, 0.05) is 43.6 Å². The lowest BCUT2D eigenvalue weighted by Gasteiger charge is -2.26. The van der Waals surface area contributed by atoms with Gasteiger partial charge in [-0.15, -0.1) is 0 Å². The molecular weight excluding hydrogens is 707 g/mol. The highest BCUT2D eigenvalue weighted by molar-refractivity contribution is 7.89. The fraction of sp³-hybridized carbons (Fsp3) is 0.189. The molecule has 1 aromatic heterocycles. The maximum atomic E-state index is 14.2. The van der Waals surface area contributed by atoms with Gasteiger partial charge in [0.05, 0.1) is 10.6 Å². The number of carbonyl (C=O) groups excluding carboxylic acids is 1. The van der Waals surface area contributed by atoms with Gasteiger partial charge in [-0.2, -0.15) is 4.31 Å². The number of hydrogen-bond donors (Lipinski definition) is 1. The smallest absolute Gasteiger partial charge is 0.255 e. The van der Waals surface area contributed by atoms with Gasteiger partial charge in [-0.25, -0.2) is 17.2 Å². The van der Waals surface area contributed by atoms with E-state index in [-0.39, 0.29) is 41.5 Å². The van der Waals surface area contributed by atoms with Crippen LogP contribution in [0, 0.1) is 17.6 Å². The highest BCUT2D eigenvalue weighted by atomic mass is 35.5. The zero-order valence-corrected chi connectivity index (χ0v) is 29.4. The number of aromatic hydroxyl groups is 1. The number of phenols is 1. The largest absolute Gasteiger partial charge is 0.505 e. The molecule has 0 aliphatic carbocycles. The van der Waals surface area contributed by atoms with E-state index >= 15 is 0 Å². The number of carbonyl (C=O) groups is 1. The van der Waals surface area contributed by atoms with Gasteiger partial charge in [0.25, 0.3) is 5.91 Å². The van der Waals surface area contributed by atoms with Crippen molar-refractivity contribution in [2.45, 2.75) is 38.4 Å². The summed E-state index contributed by atoms with van der Waals surface area (Å²) in [5.74, 6) is -1.12. The number of nitrogens with zero attached hydrogens (tertiary/aromatic N) is 3. The molecule has 0 saturated carbocycles. The first kappa shape index (κ1) is 36.7. The van der Waals surface area contributed by atoms with E-state index in [1.54, 1.807) is 41.4 Å². The number of benzene rings is 4. The minimum absolute atomic E-state index is 0.00591. The second-order valence-electron chi connectivity index (χ2n) is 12.0. The summed E-state index contributed by atoms with van der Waals surface area (Å²) in [5.41, 5.74) is 1.94. The number of pyridine rings is 1. The summed E-state index contributed by atoms with van der Waals surface area (Å²) in [6.45, 7) is 4.04. The van der Waals surface area contributed by atoms with Crippen molar-refractivity contribution in [3.05, 3.63) is 147 Å². The van der Waals surface area contributed by atoms with E-state index in [0.717, 1.165) is 10.4 Å². The second kappa shape index (κ2) is 16.0. The molecule has 0 atom stereocenters. The van der Waals surface area contributed by atoms with Crippen LogP contribution >= 0.6 is 23.2 Å². The highest BCUT2D eigenvalue weighted by Gasteiger charge is 2.30. The Labute approximate surface area is 299 Å². The highest BCUT2D eigenvalue weighted by Crippen LogP contribution is 2.37. The molecule has 1 heterocycles. The van der Waals surface area contributed by atoms with Crippen molar-refractivity contribution in [3.8, 4) is 17.2 Å². The lowest BCUT2D eigenvalue weighted by Crippen LogP contribution is -2.34. The van der Waals surface area contributed by atoms with Crippen molar-refractivity contribution < 1.29 is 31.8 Å². The maximum absolute atomic E-state index is 14.2. The first-order chi connectivity index (χ1) is 23.8. The van der Waals surface area contributed by atoms with Crippen LogP contribution in [0.1, 0.15) is 40.9 Å². The normalized spacial score (nSPS) is 11.6. The third kappa shape index (κ3) is 9.36. The van der Waals surface area contributed by atoms with Crippen LogP contribution < -0.4 is 4.74 Å². The van der Waals surface area contributed by atoms with Crippen LogP contribution in [0.15, 0.2) is 108 Å². The number of phenolic OH excluding ortho intramolecular Hbond substituents is 1. The minimum atomic E-state index is -4.49. The minimum Gasteiger partial charge on any atom is -0.505 e. The van der Waals surface area contributed by atoms with Crippen LogP contribution in [-0.2, 0) is 29.7 Å². The fourth-order valence-electron chi connectivity index (χ4n) is 5.26. The molecule has 5 aromatic rings. The van der Waals surface area contributed by atoms with Crippen LogP contribution in [0.3, 0.4) is 0 Å². The maximum Gasteiger partial charge on any atom is 0.255 e. The predicted molar refractivity (Wildman–Crippen MR) is 188 cm³/mol. The lowest BCUT2D eigenvalue weighted by atomic mass is 10.1. The number of ether oxygens (including phenoxy) is 1. The second-order valence-corrected chi connectivity index (χ2v) is 14.7. The molecule has 8 nitrogen and oxygen atoms in total. The van der Waals surface area contributed by atoms with Gasteiger partial charge < -0.3 is 14.7 Å². The van der Waals surface area contributed by atoms with Crippen molar-refractivity contribution in [3.63, 3.8) is 0 Å². The van der Waals surface area contributed by atoms with Crippen molar-refractivity contribution >= 4 is 39.1 Å². The van der Waals surface area contributed by atoms with Gasteiger partial charge in [-0.05, 0) is 95.4 Å². The summed E-state index contributed by atoms with van der Waals surface area (Å²) in [6.07, 6.45) is 3.07. The molecule has 0 radical (unpaired) electrons. The molecule has 0 fully saturated rings. The Bertz CT molecular complexity index is 2070. The Kier molecular flexibility index (Phi) is 11.7. The van der Waals surface area contributed by atoms with Crippen molar-refractivity contribution in [2.24, 2.45) is 5.92 Å². The number of amides is 1. The monoisotopic (exact) mass is 739 g/mol. The molecule has 5 rings (SSSR count). The van der Waals surface area contributed by atoms with Gasteiger partial charge >= 0.3 is 0 Å². The molecule has 260 valence electrons.